The van der Waals surface area contributed by atoms with E-state index in [-0.39, 0.29) is 0 Å². The van der Waals surface area contributed by atoms with E-state index in [2.05, 4.69) is 96.8 Å². The lowest BCUT2D eigenvalue weighted by Crippen LogP contribution is -2.25. The maximum Gasteiger partial charge on any atom is 0.0169 e. The Hall–Kier alpha value is -2.12. The number of nitrogens with zero attached hydrogens (tertiary/aromatic N) is 1. The molecule has 2 aromatic carbocycles. The first-order valence-electron chi connectivity index (χ1n) is 8.54. The molecule has 0 aliphatic rings. The number of hydrogen-bond acceptors (Lipinski definition) is 1. The van der Waals surface area contributed by atoms with Crippen molar-refractivity contribution in [1.29, 1.82) is 0 Å². The van der Waals surface area contributed by atoms with Gasteiger partial charge in [-0.2, -0.15) is 0 Å². The molecule has 1 nitrogen and oxygen atoms in total. The van der Waals surface area contributed by atoms with Gasteiger partial charge in [-0.25, -0.2) is 0 Å². The van der Waals surface area contributed by atoms with Gasteiger partial charge in [0.25, 0.3) is 0 Å². The highest BCUT2D eigenvalue weighted by Gasteiger charge is 1.99. The molecule has 0 radical (unpaired) electrons. The Bertz CT molecular complexity index is 532. The van der Waals surface area contributed by atoms with Crippen LogP contribution in [-0.2, 0) is 0 Å². The molecule has 0 aliphatic carbocycles. The SMILES string of the molecule is CCCCN(C/C=C/c1ccccc1)C/C=C/c1ccccc1. The molecule has 2 rings (SSSR count). The Morgan fingerprint density at radius 2 is 1.22 bits per heavy atom. The van der Waals surface area contributed by atoms with Gasteiger partial charge in [-0.15, -0.1) is 0 Å². The zero-order chi connectivity index (χ0) is 16.2. The summed E-state index contributed by atoms with van der Waals surface area (Å²) in [4.78, 5) is 2.49. The van der Waals surface area contributed by atoms with E-state index in [1.807, 2.05) is 0 Å². The Kier molecular flexibility index (Phi) is 7.93. The fraction of sp³-hybridized carbons (Fsp3) is 0.273. The number of unbranched alkanes of at least 4 members (excludes halogenated alkanes) is 1. The van der Waals surface area contributed by atoms with Crippen LogP contribution >= 0.6 is 0 Å². The van der Waals surface area contributed by atoms with Crippen molar-refractivity contribution in [2.45, 2.75) is 19.8 Å². The predicted octanol–water partition coefficient (Wildman–Crippen LogP) is 5.52. The maximum atomic E-state index is 2.49. The van der Waals surface area contributed by atoms with Gasteiger partial charge in [0.2, 0.25) is 0 Å². The number of benzene rings is 2. The van der Waals surface area contributed by atoms with Crippen molar-refractivity contribution in [2.24, 2.45) is 0 Å². The number of hydrogen-bond donors (Lipinski definition) is 0. The molecule has 120 valence electrons. The molecule has 1 heteroatoms. The van der Waals surface area contributed by atoms with Gasteiger partial charge in [0, 0.05) is 13.1 Å². The maximum absolute atomic E-state index is 2.49. The van der Waals surface area contributed by atoms with Gasteiger partial charge in [-0.3, -0.25) is 4.90 Å². The molecular formula is C22H27N. The summed E-state index contributed by atoms with van der Waals surface area (Å²) in [7, 11) is 0. The lowest BCUT2D eigenvalue weighted by molar-refractivity contribution is 0.329. The zero-order valence-electron chi connectivity index (χ0n) is 14.1. The van der Waals surface area contributed by atoms with E-state index >= 15 is 0 Å². The largest absolute Gasteiger partial charge is 0.296 e. The molecule has 0 fully saturated rings. The van der Waals surface area contributed by atoms with Gasteiger partial charge in [-0.1, -0.05) is 98.3 Å². The van der Waals surface area contributed by atoms with Crippen LogP contribution in [0.3, 0.4) is 0 Å². The lowest BCUT2D eigenvalue weighted by Gasteiger charge is -2.18. The van der Waals surface area contributed by atoms with Crippen molar-refractivity contribution in [3.8, 4) is 0 Å². The van der Waals surface area contributed by atoms with Crippen molar-refractivity contribution >= 4 is 12.2 Å². The summed E-state index contributed by atoms with van der Waals surface area (Å²) in [5, 5.41) is 0. The van der Waals surface area contributed by atoms with Crippen molar-refractivity contribution < 1.29 is 0 Å². The van der Waals surface area contributed by atoms with Crippen LogP contribution in [0.15, 0.2) is 72.8 Å². The van der Waals surface area contributed by atoms with Gasteiger partial charge >= 0.3 is 0 Å². The van der Waals surface area contributed by atoms with Crippen molar-refractivity contribution in [3.63, 3.8) is 0 Å². The third-order valence-corrected chi connectivity index (χ3v) is 3.77. The summed E-state index contributed by atoms with van der Waals surface area (Å²) in [6, 6.07) is 21.0. The van der Waals surface area contributed by atoms with Crippen LogP contribution in [0.5, 0.6) is 0 Å². The molecule has 0 atom stereocenters. The molecule has 0 unspecified atom stereocenters. The second-order valence-corrected chi connectivity index (χ2v) is 5.74. The summed E-state index contributed by atoms with van der Waals surface area (Å²) in [5.74, 6) is 0. The second-order valence-electron chi connectivity index (χ2n) is 5.74. The summed E-state index contributed by atoms with van der Waals surface area (Å²) in [6.45, 7) is 5.38. The van der Waals surface area contributed by atoms with Gasteiger partial charge in [0.05, 0.1) is 0 Å². The van der Waals surface area contributed by atoms with Gasteiger partial charge in [-0.05, 0) is 24.1 Å². The van der Waals surface area contributed by atoms with Crippen LogP contribution in [-0.4, -0.2) is 24.5 Å². The Labute approximate surface area is 141 Å². The summed E-state index contributed by atoms with van der Waals surface area (Å²) < 4.78 is 0. The first-order valence-corrected chi connectivity index (χ1v) is 8.54. The molecule has 0 aliphatic heterocycles. The first kappa shape index (κ1) is 17.2. The topological polar surface area (TPSA) is 3.24 Å². The smallest absolute Gasteiger partial charge is 0.0169 e. The van der Waals surface area contributed by atoms with Crippen molar-refractivity contribution in [1.82, 2.24) is 4.90 Å². The molecule has 0 saturated heterocycles. The molecule has 0 bridgehead atoms. The Balaban J connectivity index is 1.86. The summed E-state index contributed by atoms with van der Waals surface area (Å²) in [6.07, 6.45) is 11.4. The standard InChI is InChI=1S/C22H27N/c1-2-3-18-23(19-10-16-21-12-6-4-7-13-21)20-11-17-22-14-8-5-9-15-22/h4-17H,2-3,18-20H2,1H3/b16-10+,17-11+. The first-order chi connectivity index (χ1) is 11.4. The molecular weight excluding hydrogens is 278 g/mol. The van der Waals surface area contributed by atoms with Crippen molar-refractivity contribution in [3.05, 3.63) is 83.9 Å². The van der Waals surface area contributed by atoms with Crippen LogP contribution < -0.4 is 0 Å². The fourth-order valence-corrected chi connectivity index (χ4v) is 2.44. The minimum absolute atomic E-state index is 0.994. The van der Waals surface area contributed by atoms with E-state index in [1.165, 1.54) is 24.0 Å². The van der Waals surface area contributed by atoms with Gasteiger partial charge < -0.3 is 0 Å². The van der Waals surface area contributed by atoms with E-state index in [0.717, 1.165) is 19.6 Å². The van der Waals surface area contributed by atoms with E-state index < -0.39 is 0 Å². The quantitative estimate of drug-likeness (QED) is 0.590. The lowest BCUT2D eigenvalue weighted by atomic mass is 10.2. The third kappa shape index (κ3) is 7.12. The van der Waals surface area contributed by atoms with E-state index in [0.29, 0.717) is 0 Å². The predicted molar refractivity (Wildman–Crippen MR) is 102 cm³/mol. The summed E-state index contributed by atoms with van der Waals surface area (Å²) in [5.41, 5.74) is 2.53. The molecule has 0 heterocycles. The van der Waals surface area contributed by atoms with Crippen LogP contribution in [0.1, 0.15) is 30.9 Å². The molecule has 2 aromatic rings. The average molecular weight is 305 g/mol. The Morgan fingerprint density at radius 3 is 1.65 bits per heavy atom. The monoisotopic (exact) mass is 305 g/mol. The highest BCUT2D eigenvalue weighted by Crippen LogP contribution is 2.04. The van der Waals surface area contributed by atoms with Crippen LogP contribution in [0.4, 0.5) is 0 Å². The van der Waals surface area contributed by atoms with E-state index in [4.69, 9.17) is 0 Å². The molecule has 0 amide bonds. The molecule has 0 N–H and O–H groups in total. The molecule has 0 aromatic heterocycles. The van der Waals surface area contributed by atoms with Gasteiger partial charge in [0.15, 0.2) is 0 Å². The molecule has 0 saturated carbocycles. The average Bonchev–Trinajstić information content (AvgIpc) is 2.61. The molecule has 23 heavy (non-hydrogen) atoms. The summed E-state index contributed by atoms with van der Waals surface area (Å²) >= 11 is 0. The van der Waals surface area contributed by atoms with E-state index in [9.17, 15) is 0 Å². The third-order valence-electron chi connectivity index (χ3n) is 3.77. The normalized spacial score (nSPS) is 11.7. The van der Waals surface area contributed by atoms with Crippen LogP contribution in [0.25, 0.3) is 12.2 Å². The number of rotatable bonds is 9. The minimum Gasteiger partial charge on any atom is -0.296 e. The Morgan fingerprint density at radius 1 is 0.739 bits per heavy atom. The fourth-order valence-electron chi connectivity index (χ4n) is 2.44. The van der Waals surface area contributed by atoms with Crippen molar-refractivity contribution in [2.75, 3.05) is 19.6 Å². The molecule has 0 spiro atoms. The highest BCUT2D eigenvalue weighted by molar-refractivity contribution is 5.49. The van der Waals surface area contributed by atoms with Crippen LogP contribution in [0, 0.1) is 0 Å². The van der Waals surface area contributed by atoms with Gasteiger partial charge in [0.1, 0.15) is 0 Å². The van der Waals surface area contributed by atoms with Crippen LogP contribution in [0.2, 0.25) is 0 Å². The minimum atomic E-state index is 0.994. The van der Waals surface area contributed by atoms with E-state index in [1.54, 1.807) is 0 Å². The highest BCUT2D eigenvalue weighted by atomic mass is 15.1. The zero-order valence-corrected chi connectivity index (χ0v) is 14.1. The second kappa shape index (κ2) is 10.6.